The fraction of sp³-hybridized carbons (Fsp3) is 0.421. The van der Waals surface area contributed by atoms with Crippen molar-refractivity contribution in [3.05, 3.63) is 36.2 Å². The number of hydrogen-bond donors (Lipinski definition) is 1. The molecule has 1 N–H and O–H groups in total. The number of benzene rings is 1. The Labute approximate surface area is 155 Å². The van der Waals surface area contributed by atoms with Crippen molar-refractivity contribution in [2.45, 2.75) is 32.2 Å². The van der Waals surface area contributed by atoms with Crippen LogP contribution in [0.2, 0.25) is 0 Å². The Morgan fingerprint density at radius 1 is 1.19 bits per heavy atom. The number of anilines is 1. The molecule has 27 heavy (non-hydrogen) atoms. The predicted octanol–water partition coefficient (Wildman–Crippen LogP) is 3.85. The zero-order chi connectivity index (χ0) is 18.8. The fourth-order valence-corrected chi connectivity index (χ4v) is 3.62. The monoisotopic (exact) mass is 373 g/mol. The average Bonchev–Trinajstić information content (AvgIpc) is 3.07. The zero-order valence-corrected chi connectivity index (χ0v) is 15.1. The van der Waals surface area contributed by atoms with E-state index in [4.69, 9.17) is 4.52 Å². The van der Waals surface area contributed by atoms with E-state index in [1.54, 1.807) is 0 Å². The molecule has 0 bridgehead atoms. The highest BCUT2D eigenvalue weighted by Gasteiger charge is 2.20. The number of hydrogen-bond acceptors (Lipinski definition) is 6. The molecular weight excluding hydrogens is 352 g/mol. The first kappa shape index (κ1) is 17.8. The average molecular weight is 373 g/mol. The van der Waals surface area contributed by atoms with Gasteiger partial charge in [0.2, 0.25) is 0 Å². The minimum atomic E-state index is -0.674. The zero-order valence-electron chi connectivity index (χ0n) is 15.1. The molecule has 0 unspecified atom stereocenters. The summed E-state index contributed by atoms with van der Waals surface area (Å²) in [6.45, 7) is 4.93. The van der Waals surface area contributed by atoms with Crippen LogP contribution in [0.25, 0.3) is 22.4 Å². The number of piperidine rings is 1. The van der Waals surface area contributed by atoms with Crippen molar-refractivity contribution in [3.63, 3.8) is 0 Å². The second-order valence-electron chi connectivity index (χ2n) is 6.90. The molecular formula is C19H21F2N5O. The second kappa shape index (κ2) is 7.56. The Morgan fingerprint density at radius 3 is 2.78 bits per heavy atom. The standard InChI is InChI=1S/C19H21F2N5O/c1-12-4-2-3-6-26(12)7-5-22-18-16-17(25-27-19(16)24-11-23-18)13-8-14(20)10-15(21)9-13/h8-12H,2-7H2,1H3,(H,22,23,24)/t12-/m1/s1. The van der Waals surface area contributed by atoms with Gasteiger partial charge in [0.25, 0.3) is 5.71 Å². The van der Waals surface area contributed by atoms with E-state index in [2.05, 4.69) is 32.3 Å². The Kier molecular flexibility index (Phi) is 4.98. The van der Waals surface area contributed by atoms with Crippen molar-refractivity contribution >= 4 is 16.9 Å². The van der Waals surface area contributed by atoms with Crippen LogP contribution in [-0.4, -0.2) is 45.7 Å². The number of fused-ring (bicyclic) bond motifs is 1. The van der Waals surface area contributed by atoms with Crippen molar-refractivity contribution in [2.24, 2.45) is 0 Å². The van der Waals surface area contributed by atoms with Crippen molar-refractivity contribution in [3.8, 4) is 11.3 Å². The summed E-state index contributed by atoms with van der Waals surface area (Å²) in [5.41, 5.74) is 0.880. The highest BCUT2D eigenvalue weighted by atomic mass is 19.1. The number of rotatable bonds is 5. The maximum atomic E-state index is 13.6. The van der Waals surface area contributed by atoms with Gasteiger partial charge in [0, 0.05) is 30.8 Å². The Hall–Kier alpha value is -2.61. The third-order valence-corrected chi connectivity index (χ3v) is 5.04. The molecule has 3 heterocycles. The number of likely N-dealkylation sites (tertiary alicyclic amines) is 1. The molecule has 6 nitrogen and oxygen atoms in total. The van der Waals surface area contributed by atoms with E-state index in [0.29, 0.717) is 29.5 Å². The van der Waals surface area contributed by atoms with E-state index in [1.807, 2.05) is 0 Å². The van der Waals surface area contributed by atoms with E-state index < -0.39 is 11.6 Å². The molecule has 0 radical (unpaired) electrons. The molecule has 1 saturated heterocycles. The Bertz CT molecular complexity index is 925. The van der Waals surface area contributed by atoms with Gasteiger partial charge in [-0.1, -0.05) is 11.6 Å². The summed E-state index contributed by atoms with van der Waals surface area (Å²) in [7, 11) is 0. The highest BCUT2D eigenvalue weighted by Crippen LogP contribution is 2.32. The fourth-order valence-electron chi connectivity index (χ4n) is 3.62. The molecule has 3 aromatic rings. The third kappa shape index (κ3) is 3.75. The van der Waals surface area contributed by atoms with Crippen molar-refractivity contribution in [1.82, 2.24) is 20.0 Å². The van der Waals surface area contributed by atoms with Crippen LogP contribution in [0.15, 0.2) is 29.0 Å². The molecule has 142 valence electrons. The predicted molar refractivity (Wildman–Crippen MR) is 98.3 cm³/mol. The number of halogens is 2. The summed E-state index contributed by atoms with van der Waals surface area (Å²) >= 11 is 0. The minimum Gasteiger partial charge on any atom is -0.368 e. The molecule has 1 aliphatic rings. The number of aromatic nitrogens is 3. The van der Waals surface area contributed by atoms with Gasteiger partial charge < -0.3 is 9.84 Å². The van der Waals surface area contributed by atoms with Crippen LogP contribution in [0.5, 0.6) is 0 Å². The van der Waals surface area contributed by atoms with Gasteiger partial charge in [0.05, 0.1) is 0 Å². The molecule has 0 spiro atoms. The first-order valence-electron chi connectivity index (χ1n) is 9.16. The highest BCUT2D eigenvalue weighted by molar-refractivity contribution is 5.97. The quantitative estimate of drug-likeness (QED) is 0.733. The maximum absolute atomic E-state index is 13.6. The summed E-state index contributed by atoms with van der Waals surface area (Å²) < 4.78 is 32.5. The first-order chi connectivity index (χ1) is 13.1. The lowest BCUT2D eigenvalue weighted by atomic mass is 10.0. The summed E-state index contributed by atoms with van der Waals surface area (Å²) in [6.07, 6.45) is 5.11. The smallest absolute Gasteiger partial charge is 0.263 e. The summed E-state index contributed by atoms with van der Waals surface area (Å²) in [6, 6.07) is 3.83. The molecule has 0 amide bonds. The first-order valence-corrected chi connectivity index (χ1v) is 9.16. The second-order valence-corrected chi connectivity index (χ2v) is 6.90. The lowest BCUT2D eigenvalue weighted by Gasteiger charge is -2.33. The molecule has 0 saturated carbocycles. The van der Waals surface area contributed by atoms with E-state index in [-0.39, 0.29) is 11.3 Å². The lowest BCUT2D eigenvalue weighted by Crippen LogP contribution is -2.40. The molecule has 1 atom stereocenters. The van der Waals surface area contributed by atoms with E-state index in [0.717, 1.165) is 19.2 Å². The lowest BCUT2D eigenvalue weighted by molar-refractivity contribution is 0.167. The van der Waals surface area contributed by atoms with Crippen LogP contribution in [0.1, 0.15) is 26.2 Å². The van der Waals surface area contributed by atoms with E-state index >= 15 is 0 Å². The normalized spacial score (nSPS) is 18.1. The summed E-state index contributed by atoms with van der Waals surface area (Å²) in [4.78, 5) is 10.8. The topological polar surface area (TPSA) is 67.1 Å². The largest absolute Gasteiger partial charge is 0.368 e. The van der Waals surface area contributed by atoms with Gasteiger partial charge in [-0.2, -0.15) is 4.98 Å². The summed E-state index contributed by atoms with van der Waals surface area (Å²) in [5, 5.41) is 7.78. The molecule has 1 fully saturated rings. The van der Waals surface area contributed by atoms with Gasteiger partial charge in [-0.15, -0.1) is 0 Å². The minimum absolute atomic E-state index is 0.276. The van der Waals surface area contributed by atoms with Crippen LogP contribution in [0.4, 0.5) is 14.6 Å². The van der Waals surface area contributed by atoms with Crippen LogP contribution in [-0.2, 0) is 0 Å². The molecule has 0 aliphatic carbocycles. The Morgan fingerprint density at radius 2 is 2.00 bits per heavy atom. The SMILES string of the molecule is C[C@@H]1CCCCN1CCNc1ncnc2onc(-c3cc(F)cc(F)c3)c12. The van der Waals surface area contributed by atoms with Gasteiger partial charge in [0.1, 0.15) is 34.9 Å². The van der Waals surface area contributed by atoms with Gasteiger partial charge in [-0.05, 0) is 38.4 Å². The molecule has 4 rings (SSSR count). The van der Waals surface area contributed by atoms with Crippen LogP contribution in [0, 0.1) is 11.6 Å². The molecule has 1 aromatic carbocycles. The Balaban J connectivity index is 1.58. The molecule has 1 aliphatic heterocycles. The van der Waals surface area contributed by atoms with Crippen LogP contribution >= 0.6 is 0 Å². The van der Waals surface area contributed by atoms with Gasteiger partial charge in [0.15, 0.2) is 0 Å². The van der Waals surface area contributed by atoms with Crippen molar-refractivity contribution in [2.75, 3.05) is 25.0 Å². The van der Waals surface area contributed by atoms with Crippen LogP contribution < -0.4 is 5.32 Å². The van der Waals surface area contributed by atoms with Gasteiger partial charge in [-0.25, -0.2) is 13.8 Å². The van der Waals surface area contributed by atoms with Crippen LogP contribution in [0.3, 0.4) is 0 Å². The summed E-state index contributed by atoms with van der Waals surface area (Å²) in [5.74, 6) is -0.802. The maximum Gasteiger partial charge on any atom is 0.263 e. The van der Waals surface area contributed by atoms with E-state index in [1.165, 1.54) is 37.7 Å². The number of nitrogens with one attached hydrogen (secondary N) is 1. The van der Waals surface area contributed by atoms with Crippen molar-refractivity contribution in [1.29, 1.82) is 0 Å². The third-order valence-electron chi connectivity index (χ3n) is 5.04. The molecule has 8 heteroatoms. The van der Waals surface area contributed by atoms with Crippen molar-refractivity contribution < 1.29 is 13.3 Å². The van der Waals surface area contributed by atoms with Gasteiger partial charge >= 0.3 is 0 Å². The van der Waals surface area contributed by atoms with Gasteiger partial charge in [-0.3, -0.25) is 4.90 Å². The molecule has 2 aromatic heterocycles. The number of nitrogens with zero attached hydrogens (tertiary/aromatic N) is 4. The van der Waals surface area contributed by atoms with E-state index in [9.17, 15) is 8.78 Å².